The van der Waals surface area contributed by atoms with Crippen molar-refractivity contribution in [2.24, 2.45) is 0 Å². The molecule has 3 heterocycles. The second-order valence-corrected chi connectivity index (χ2v) is 8.90. The monoisotopic (exact) mass is 442 g/mol. The molecular weight excluding hydrogens is 420 g/mol. The van der Waals surface area contributed by atoms with E-state index in [2.05, 4.69) is 15.3 Å². The van der Waals surface area contributed by atoms with Crippen LogP contribution in [0.2, 0.25) is 0 Å². The summed E-state index contributed by atoms with van der Waals surface area (Å²) in [6, 6.07) is 19.1. The molecule has 0 radical (unpaired) electrons. The van der Waals surface area contributed by atoms with Gasteiger partial charge in [-0.25, -0.2) is 9.97 Å². The number of hydrogen-bond donors (Lipinski definition) is 1. The zero-order valence-corrected chi connectivity index (χ0v) is 18.6. The Hall–Kier alpha value is -3.58. The minimum Gasteiger partial charge on any atom is -0.440 e. The third-order valence-electron chi connectivity index (χ3n) is 5.07. The van der Waals surface area contributed by atoms with Gasteiger partial charge in [0.05, 0.1) is 5.69 Å². The van der Waals surface area contributed by atoms with E-state index in [0.29, 0.717) is 17.1 Å². The van der Waals surface area contributed by atoms with E-state index >= 15 is 0 Å². The van der Waals surface area contributed by atoms with E-state index in [1.54, 1.807) is 11.8 Å². The lowest BCUT2D eigenvalue weighted by molar-refractivity contribution is 0.102. The van der Waals surface area contributed by atoms with Gasteiger partial charge in [-0.15, -0.1) is 11.8 Å². The third kappa shape index (κ3) is 4.24. The maximum absolute atomic E-state index is 12.7. The van der Waals surface area contributed by atoms with E-state index in [1.165, 1.54) is 0 Å². The normalized spacial score (nSPS) is 11.5. The topological polar surface area (TPSA) is 72.4 Å². The van der Waals surface area contributed by atoms with Gasteiger partial charge in [-0.3, -0.25) is 4.79 Å². The molecule has 0 aliphatic rings. The highest BCUT2D eigenvalue weighted by atomic mass is 32.2. The molecule has 7 heteroatoms. The minimum atomic E-state index is -0.158. The van der Waals surface area contributed by atoms with Crippen molar-refractivity contribution in [3.8, 4) is 0 Å². The summed E-state index contributed by atoms with van der Waals surface area (Å²) in [6.45, 7) is 4.07. The van der Waals surface area contributed by atoms with Crippen LogP contribution in [0, 0.1) is 0 Å². The lowest BCUT2D eigenvalue weighted by Gasteiger charge is -2.06. The van der Waals surface area contributed by atoms with Crippen molar-refractivity contribution >= 4 is 40.1 Å². The third-order valence-corrected chi connectivity index (χ3v) is 6.12. The van der Waals surface area contributed by atoms with Crippen LogP contribution in [0.25, 0.3) is 16.7 Å². The van der Waals surface area contributed by atoms with Crippen molar-refractivity contribution in [1.82, 2.24) is 14.4 Å². The van der Waals surface area contributed by atoms with E-state index in [9.17, 15) is 4.79 Å². The number of thioether (sulfide) groups is 1. The van der Waals surface area contributed by atoms with Gasteiger partial charge in [-0.2, -0.15) is 0 Å². The quantitative estimate of drug-likeness (QED) is 0.320. The highest BCUT2D eigenvalue weighted by Crippen LogP contribution is 2.25. The Bertz CT molecular complexity index is 1370. The number of rotatable bonds is 6. The van der Waals surface area contributed by atoms with Gasteiger partial charge >= 0.3 is 0 Å². The van der Waals surface area contributed by atoms with Gasteiger partial charge in [0.15, 0.2) is 11.5 Å². The van der Waals surface area contributed by atoms with Gasteiger partial charge < -0.3 is 14.1 Å². The van der Waals surface area contributed by atoms with Crippen LogP contribution in [-0.2, 0) is 5.75 Å². The SMILES string of the molecule is CC(C)c1nc2cc(NC(=O)c3ccc(SCc4cn5ccccc5n4)cc3)ccc2o1. The fourth-order valence-electron chi connectivity index (χ4n) is 3.39. The first-order chi connectivity index (χ1) is 15.5. The van der Waals surface area contributed by atoms with Crippen molar-refractivity contribution in [3.05, 3.63) is 90.2 Å². The van der Waals surface area contributed by atoms with Crippen LogP contribution in [0.15, 0.2) is 82.4 Å². The molecule has 0 fully saturated rings. The number of hydrogen-bond acceptors (Lipinski definition) is 5. The van der Waals surface area contributed by atoms with Gasteiger partial charge in [0.1, 0.15) is 11.2 Å². The maximum Gasteiger partial charge on any atom is 0.255 e. The predicted molar refractivity (Wildman–Crippen MR) is 127 cm³/mol. The van der Waals surface area contributed by atoms with Crippen LogP contribution in [0.1, 0.15) is 41.7 Å². The molecular formula is C25H22N4O2S. The zero-order valence-electron chi connectivity index (χ0n) is 17.8. The highest BCUT2D eigenvalue weighted by Gasteiger charge is 2.12. The summed E-state index contributed by atoms with van der Waals surface area (Å²) in [5.41, 5.74) is 4.72. The molecule has 0 aliphatic heterocycles. The molecule has 3 aromatic heterocycles. The molecule has 2 aromatic carbocycles. The Kier molecular flexibility index (Phi) is 5.41. The molecule has 0 aliphatic carbocycles. The fraction of sp³-hybridized carbons (Fsp3) is 0.160. The Morgan fingerprint density at radius 3 is 2.72 bits per heavy atom. The van der Waals surface area contributed by atoms with Gasteiger partial charge in [0.2, 0.25) is 0 Å². The number of carbonyl (C=O) groups is 1. The average Bonchev–Trinajstić information content (AvgIpc) is 3.41. The number of aromatic nitrogens is 3. The minimum absolute atomic E-state index is 0.158. The van der Waals surface area contributed by atoms with Gasteiger partial charge in [-0.1, -0.05) is 19.9 Å². The Morgan fingerprint density at radius 2 is 1.94 bits per heavy atom. The smallest absolute Gasteiger partial charge is 0.255 e. The summed E-state index contributed by atoms with van der Waals surface area (Å²) in [7, 11) is 0. The second kappa shape index (κ2) is 8.51. The Labute approximate surface area is 189 Å². The number of fused-ring (bicyclic) bond motifs is 2. The number of nitrogens with zero attached hydrogens (tertiary/aromatic N) is 3. The number of benzene rings is 2. The lowest BCUT2D eigenvalue weighted by atomic mass is 10.2. The van der Waals surface area contributed by atoms with E-state index < -0.39 is 0 Å². The molecule has 5 rings (SSSR count). The Balaban J connectivity index is 1.23. The largest absolute Gasteiger partial charge is 0.440 e. The van der Waals surface area contributed by atoms with Gasteiger partial charge in [0, 0.05) is 40.2 Å². The molecule has 5 aromatic rings. The summed E-state index contributed by atoms with van der Waals surface area (Å²) in [5, 5.41) is 2.94. The van der Waals surface area contributed by atoms with E-state index in [4.69, 9.17) is 4.42 Å². The molecule has 0 bridgehead atoms. The number of carbonyl (C=O) groups excluding carboxylic acids is 1. The molecule has 1 N–H and O–H groups in total. The van der Waals surface area contributed by atoms with Crippen LogP contribution in [0.4, 0.5) is 5.69 Å². The van der Waals surface area contributed by atoms with Crippen LogP contribution in [0.3, 0.4) is 0 Å². The maximum atomic E-state index is 12.7. The van der Waals surface area contributed by atoms with Crippen LogP contribution < -0.4 is 5.32 Å². The molecule has 0 saturated carbocycles. The van der Waals surface area contributed by atoms with Crippen LogP contribution >= 0.6 is 11.8 Å². The standard InChI is InChI=1S/C25H22N4O2S/c1-16(2)25-28-21-13-18(8-11-22(21)31-25)27-24(30)17-6-9-20(10-7-17)32-15-19-14-29-12-4-3-5-23(29)26-19/h3-14,16H,15H2,1-2H3,(H,27,30). The number of nitrogens with one attached hydrogen (secondary N) is 1. The van der Waals surface area contributed by atoms with Crippen molar-refractivity contribution < 1.29 is 9.21 Å². The summed E-state index contributed by atoms with van der Waals surface area (Å²) in [5.74, 6) is 1.52. The van der Waals surface area contributed by atoms with Crippen molar-refractivity contribution in [3.63, 3.8) is 0 Å². The predicted octanol–water partition coefficient (Wildman–Crippen LogP) is 6.14. The lowest BCUT2D eigenvalue weighted by Crippen LogP contribution is -2.11. The molecule has 0 saturated heterocycles. The first kappa shape index (κ1) is 20.3. The first-order valence-corrected chi connectivity index (χ1v) is 11.4. The molecule has 0 atom stereocenters. The second-order valence-electron chi connectivity index (χ2n) is 7.85. The summed E-state index contributed by atoms with van der Waals surface area (Å²) in [6.07, 6.45) is 4.04. The summed E-state index contributed by atoms with van der Waals surface area (Å²) < 4.78 is 7.74. The van der Waals surface area contributed by atoms with E-state index in [-0.39, 0.29) is 11.8 Å². The zero-order chi connectivity index (χ0) is 22.1. The van der Waals surface area contributed by atoms with E-state index in [0.717, 1.165) is 33.1 Å². The molecule has 6 nitrogen and oxygen atoms in total. The number of oxazole rings is 1. The molecule has 0 spiro atoms. The number of amides is 1. The van der Waals surface area contributed by atoms with Crippen molar-refractivity contribution in [2.45, 2.75) is 30.4 Å². The number of imidazole rings is 1. The molecule has 0 unspecified atom stereocenters. The number of anilines is 1. The van der Waals surface area contributed by atoms with E-state index in [1.807, 2.05) is 91.3 Å². The molecule has 32 heavy (non-hydrogen) atoms. The fourth-order valence-corrected chi connectivity index (χ4v) is 4.17. The summed E-state index contributed by atoms with van der Waals surface area (Å²) >= 11 is 1.69. The van der Waals surface area contributed by atoms with Gasteiger partial charge in [-0.05, 0) is 54.6 Å². The first-order valence-electron chi connectivity index (χ1n) is 10.4. The Morgan fingerprint density at radius 1 is 1.09 bits per heavy atom. The number of pyridine rings is 1. The van der Waals surface area contributed by atoms with Crippen LogP contribution in [-0.4, -0.2) is 20.3 Å². The molecule has 160 valence electrons. The van der Waals surface area contributed by atoms with Crippen molar-refractivity contribution in [2.75, 3.05) is 5.32 Å². The van der Waals surface area contributed by atoms with Crippen molar-refractivity contribution in [1.29, 1.82) is 0 Å². The average molecular weight is 443 g/mol. The van der Waals surface area contributed by atoms with Crippen LogP contribution in [0.5, 0.6) is 0 Å². The summed E-state index contributed by atoms with van der Waals surface area (Å²) in [4.78, 5) is 22.9. The van der Waals surface area contributed by atoms with Gasteiger partial charge in [0.25, 0.3) is 5.91 Å². The highest BCUT2D eigenvalue weighted by molar-refractivity contribution is 7.98. The molecule has 1 amide bonds.